The van der Waals surface area contributed by atoms with Crippen molar-refractivity contribution in [1.82, 2.24) is 10.2 Å². The predicted molar refractivity (Wildman–Crippen MR) is 84.5 cm³/mol. The van der Waals surface area contributed by atoms with Crippen molar-refractivity contribution in [2.24, 2.45) is 0 Å². The molecule has 3 amide bonds. The van der Waals surface area contributed by atoms with Gasteiger partial charge in [0.2, 0.25) is 0 Å². The molecule has 130 valence electrons. The number of carbonyl (C=O) groups is 3. The molecule has 0 saturated carbocycles. The van der Waals surface area contributed by atoms with E-state index in [1.54, 1.807) is 6.92 Å². The standard InChI is InChI=1S/C17H21FN2O4/c1-3-5-10-24-14(21)11-20-15(22)17(4-2,19-16(20)23)12-6-8-13(18)9-7-12/h6-9H,3-5,10-11H2,1-2H3,(H,19,23). The van der Waals surface area contributed by atoms with E-state index in [9.17, 15) is 18.8 Å². The van der Waals surface area contributed by atoms with Gasteiger partial charge in [-0.15, -0.1) is 0 Å². The van der Waals surface area contributed by atoms with Crippen molar-refractivity contribution in [2.45, 2.75) is 38.6 Å². The van der Waals surface area contributed by atoms with Crippen LogP contribution in [0.2, 0.25) is 0 Å². The summed E-state index contributed by atoms with van der Waals surface area (Å²) in [7, 11) is 0. The van der Waals surface area contributed by atoms with Gasteiger partial charge in [-0.3, -0.25) is 14.5 Å². The number of rotatable bonds is 7. The van der Waals surface area contributed by atoms with Crippen LogP contribution in [0.15, 0.2) is 24.3 Å². The molecule has 1 aliphatic rings. The van der Waals surface area contributed by atoms with Crippen LogP contribution in [0, 0.1) is 5.82 Å². The molecule has 0 radical (unpaired) electrons. The van der Waals surface area contributed by atoms with Gasteiger partial charge in [-0.1, -0.05) is 32.4 Å². The van der Waals surface area contributed by atoms with Crippen LogP contribution >= 0.6 is 0 Å². The van der Waals surface area contributed by atoms with E-state index in [0.29, 0.717) is 5.56 Å². The minimum atomic E-state index is -1.28. The number of nitrogens with zero attached hydrogens (tertiary/aromatic N) is 1. The smallest absolute Gasteiger partial charge is 0.326 e. The van der Waals surface area contributed by atoms with E-state index < -0.39 is 35.8 Å². The van der Waals surface area contributed by atoms with Gasteiger partial charge in [-0.25, -0.2) is 9.18 Å². The molecule has 1 atom stereocenters. The van der Waals surface area contributed by atoms with E-state index in [4.69, 9.17) is 4.74 Å². The molecule has 24 heavy (non-hydrogen) atoms. The molecule has 1 unspecified atom stereocenters. The van der Waals surface area contributed by atoms with Crippen molar-refractivity contribution in [1.29, 1.82) is 0 Å². The number of halogens is 1. The zero-order valence-corrected chi connectivity index (χ0v) is 13.8. The number of hydrogen-bond donors (Lipinski definition) is 1. The van der Waals surface area contributed by atoms with E-state index in [0.717, 1.165) is 17.7 Å². The fourth-order valence-electron chi connectivity index (χ4n) is 2.65. The highest BCUT2D eigenvalue weighted by molar-refractivity contribution is 6.09. The molecule has 2 rings (SSSR count). The quantitative estimate of drug-likeness (QED) is 0.471. The Balaban J connectivity index is 2.16. The Hall–Kier alpha value is -2.44. The molecule has 1 N–H and O–H groups in total. The normalized spacial score (nSPS) is 20.2. The maximum Gasteiger partial charge on any atom is 0.326 e. The predicted octanol–water partition coefficient (Wildman–Crippen LogP) is 2.33. The first-order chi connectivity index (χ1) is 11.4. The van der Waals surface area contributed by atoms with E-state index >= 15 is 0 Å². The lowest BCUT2D eigenvalue weighted by Crippen LogP contribution is -2.44. The van der Waals surface area contributed by atoms with Gasteiger partial charge in [-0.05, 0) is 30.5 Å². The van der Waals surface area contributed by atoms with Crippen LogP contribution in [-0.4, -0.2) is 36.0 Å². The maximum atomic E-state index is 13.1. The largest absolute Gasteiger partial charge is 0.464 e. The van der Waals surface area contributed by atoms with Gasteiger partial charge in [0.05, 0.1) is 6.61 Å². The van der Waals surface area contributed by atoms with Crippen molar-refractivity contribution in [3.05, 3.63) is 35.6 Å². The van der Waals surface area contributed by atoms with Crippen LogP contribution in [0.25, 0.3) is 0 Å². The summed E-state index contributed by atoms with van der Waals surface area (Å²) in [6, 6.07) is 4.72. The first-order valence-corrected chi connectivity index (χ1v) is 8.00. The number of unbranched alkanes of at least 4 members (excludes halogenated alkanes) is 1. The molecular formula is C17H21FN2O4. The van der Waals surface area contributed by atoms with E-state index in [-0.39, 0.29) is 13.0 Å². The van der Waals surface area contributed by atoms with Crippen molar-refractivity contribution < 1.29 is 23.5 Å². The average molecular weight is 336 g/mol. The number of amides is 3. The number of ether oxygens (including phenoxy) is 1. The molecule has 1 aromatic carbocycles. The molecule has 0 spiro atoms. The number of urea groups is 1. The molecular weight excluding hydrogens is 315 g/mol. The van der Waals surface area contributed by atoms with E-state index in [1.165, 1.54) is 24.3 Å². The average Bonchev–Trinajstić information content (AvgIpc) is 2.81. The van der Waals surface area contributed by atoms with Crippen LogP contribution in [-0.2, 0) is 19.9 Å². The minimum absolute atomic E-state index is 0.260. The van der Waals surface area contributed by atoms with Crippen molar-refractivity contribution in [3.8, 4) is 0 Å². The monoisotopic (exact) mass is 336 g/mol. The molecule has 1 aromatic rings. The first kappa shape index (κ1) is 17.9. The molecule has 1 fully saturated rings. The Bertz CT molecular complexity index is 632. The van der Waals surface area contributed by atoms with Gasteiger partial charge in [0.15, 0.2) is 0 Å². The summed E-state index contributed by atoms with van der Waals surface area (Å²) in [6.07, 6.45) is 1.88. The van der Waals surface area contributed by atoms with Gasteiger partial charge < -0.3 is 10.1 Å². The Labute approximate surface area is 140 Å². The van der Waals surface area contributed by atoms with E-state index in [1.807, 2.05) is 6.92 Å². The molecule has 1 aliphatic heterocycles. The SMILES string of the molecule is CCCCOC(=O)CN1C(=O)NC(CC)(c2ccc(F)cc2)C1=O. The Morgan fingerprint density at radius 3 is 2.50 bits per heavy atom. The number of hydrogen-bond acceptors (Lipinski definition) is 4. The van der Waals surface area contributed by atoms with Gasteiger partial charge >= 0.3 is 12.0 Å². The first-order valence-electron chi connectivity index (χ1n) is 8.00. The van der Waals surface area contributed by atoms with Crippen molar-refractivity contribution in [2.75, 3.05) is 13.2 Å². The number of carbonyl (C=O) groups excluding carboxylic acids is 3. The molecule has 0 aliphatic carbocycles. The van der Waals surface area contributed by atoms with Crippen molar-refractivity contribution in [3.63, 3.8) is 0 Å². The summed E-state index contributed by atoms with van der Waals surface area (Å²) in [4.78, 5) is 37.6. The second kappa shape index (κ2) is 7.42. The third-order valence-corrected chi connectivity index (χ3v) is 4.09. The van der Waals surface area contributed by atoms with Crippen LogP contribution in [0.4, 0.5) is 9.18 Å². The highest BCUT2D eigenvalue weighted by Gasteiger charge is 2.51. The zero-order chi connectivity index (χ0) is 17.7. The lowest BCUT2D eigenvalue weighted by atomic mass is 9.87. The summed E-state index contributed by atoms with van der Waals surface area (Å²) in [5.41, 5.74) is -0.805. The lowest BCUT2D eigenvalue weighted by Gasteiger charge is -2.25. The van der Waals surface area contributed by atoms with Crippen LogP contribution in [0.1, 0.15) is 38.7 Å². The summed E-state index contributed by atoms with van der Waals surface area (Å²) in [5.74, 6) is -1.59. The Morgan fingerprint density at radius 1 is 1.25 bits per heavy atom. The van der Waals surface area contributed by atoms with Crippen LogP contribution < -0.4 is 5.32 Å². The topological polar surface area (TPSA) is 75.7 Å². The Morgan fingerprint density at radius 2 is 1.92 bits per heavy atom. The minimum Gasteiger partial charge on any atom is -0.464 e. The lowest BCUT2D eigenvalue weighted by molar-refractivity contribution is -0.148. The number of nitrogens with one attached hydrogen (secondary N) is 1. The van der Waals surface area contributed by atoms with E-state index in [2.05, 4.69) is 5.32 Å². The fourth-order valence-corrected chi connectivity index (χ4v) is 2.65. The third kappa shape index (κ3) is 3.39. The molecule has 1 heterocycles. The summed E-state index contributed by atoms with van der Waals surface area (Å²) < 4.78 is 18.1. The molecule has 0 aromatic heterocycles. The maximum absolute atomic E-state index is 13.1. The number of imide groups is 1. The molecule has 7 heteroatoms. The summed E-state index contributed by atoms with van der Waals surface area (Å²) >= 11 is 0. The van der Waals surface area contributed by atoms with Gasteiger partial charge in [0.1, 0.15) is 17.9 Å². The van der Waals surface area contributed by atoms with Crippen LogP contribution in [0.5, 0.6) is 0 Å². The molecule has 0 bridgehead atoms. The van der Waals surface area contributed by atoms with Gasteiger partial charge in [-0.2, -0.15) is 0 Å². The van der Waals surface area contributed by atoms with Gasteiger partial charge in [0.25, 0.3) is 5.91 Å². The second-order valence-corrected chi connectivity index (χ2v) is 5.66. The second-order valence-electron chi connectivity index (χ2n) is 5.66. The summed E-state index contributed by atoms with van der Waals surface area (Å²) in [6.45, 7) is 3.53. The number of esters is 1. The number of benzene rings is 1. The Kier molecular flexibility index (Phi) is 5.54. The highest BCUT2D eigenvalue weighted by Crippen LogP contribution is 2.32. The van der Waals surface area contributed by atoms with Crippen molar-refractivity contribution >= 4 is 17.9 Å². The van der Waals surface area contributed by atoms with Gasteiger partial charge in [0, 0.05) is 0 Å². The van der Waals surface area contributed by atoms with Crippen LogP contribution in [0.3, 0.4) is 0 Å². The molecule has 6 nitrogen and oxygen atoms in total. The fraction of sp³-hybridized carbons (Fsp3) is 0.471. The zero-order valence-electron chi connectivity index (χ0n) is 13.8. The third-order valence-electron chi connectivity index (χ3n) is 4.09. The summed E-state index contributed by atoms with van der Waals surface area (Å²) in [5, 5.41) is 2.63. The molecule has 1 saturated heterocycles. The highest BCUT2D eigenvalue weighted by atomic mass is 19.1.